The Morgan fingerprint density at radius 3 is 2.87 bits per heavy atom. The summed E-state index contributed by atoms with van der Waals surface area (Å²) in [5, 5.41) is 0. The summed E-state index contributed by atoms with van der Waals surface area (Å²) in [4.78, 5) is 18.9. The second-order valence-electron chi connectivity index (χ2n) is 7.30. The monoisotopic (exact) mass is 437 g/mol. The Kier molecular flexibility index (Phi) is 5.60. The van der Waals surface area contributed by atoms with Gasteiger partial charge >= 0.3 is 0 Å². The van der Waals surface area contributed by atoms with Gasteiger partial charge < -0.3 is 4.90 Å². The maximum Gasteiger partial charge on any atom is 0.281 e. The first kappa shape index (κ1) is 20.5. The van der Waals surface area contributed by atoms with Crippen LogP contribution in [-0.4, -0.2) is 58.6 Å². The van der Waals surface area contributed by atoms with Crippen molar-refractivity contribution in [1.29, 1.82) is 0 Å². The first-order chi connectivity index (χ1) is 14.3. The zero-order chi connectivity index (χ0) is 21.3. The van der Waals surface area contributed by atoms with Crippen molar-refractivity contribution >= 4 is 21.5 Å². The number of hydrogen-bond donors (Lipinski definition) is 1. The van der Waals surface area contributed by atoms with Crippen molar-refractivity contribution in [3.63, 3.8) is 0 Å². The van der Waals surface area contributed by atoms with Crippen molar-refractivity contribution in [3.05, 3.63) is 36.5 Å². The van der Waals surface area contributed by atoms with Crippen LogP contribution in [0.2, 0.25) is 0 Å². The third-order valence-corrected chi connectivity index (χ3v) is 5.68. The van der Waals surface area contributed by atoms with Gasteiger partial charge in [0.25, 0.3) is 6.43 Å². The second-order valence-corrected chi connectivity index (χ2v) is 9.13. The fourth-order valence-electron chi connectivity index (χ4n) is 3.54. The molecule has 0 unspecified atom stereocenters. The Bertz CT molecular complexity index is 1150. The molecule has 3 aromatic heterocycles. The highest BCUT2D eigenvalue weighted by Gasteiger charge is 2.23. The highest BCUT2D eigenvalue weighted by Crippen LogP contribution is 2.25. The van der Waals surface area contributed by atoms with Gasteiger partial charge in [0.05, 0.1) is 18.6 Å². The van der Waals surface area contributed by atoms with Crippen LogP contribution in [-0.2, 0) is 10.0 Å². The number of aromatic nitrogens is 5. The minimum atomic E-state index is -3.23. The van der Waals surface area contributed by atoms with E-state index in [-0.39, 0.29) is 11.6 Å². The molecule has 0 amide bonds. The standard InChI is InChI=1S/C18H21F2N7O2S/c1-30(28,29)24-7-12-3-2-6-26(10-12)15-4-5-21-18(25-15)14-8-23-16-9-22-13(17(19)20)11-27(14)16/h4-5,8-9,11-12,17,24H,2-3,6-7,10H2,1H3/t12-/m1/s1. The lowest BCUT2D eigenvalue weighted by Gasteiger charge is -2.33. The van der Waals surface area contributed by atoms with E-state index in [1.807, 2.05) is 0 Å². The quantitative estimate of drug-likeness (QED) is 0.628. The van der Waals surface area contributed by atoms with Gasteiger partial charge in [-0.2, -0.15) is 0 Å². The number of fused-ring (bicyclic) bond motifs is 1. The molecule has 160 valence electrons. The Morgan fingerprint density at radius 2 is 2.10 bits per heavy atom. The molecule has 1 aliphatic rings. The fourth-order valence-corrected chi connectivity index (χ4v) is 4.08. The number of imidazole rings is 1. The lowest BCUT2D eigenvalue weighted by molar-refractivity contribution is 0.145. The Morgan fingerprint density at radius 1 is 1.27 bits per heavy atom. The minimum absolute atomic E-state index is 0.169. The number of piperidine rings is 1. The number of alkyl halides is 2. The molecule has 30 heavy (non-hydrogen) atoms. The molecular weight excluding hydrogens is 416 g/mol. The average molecular weight is 437 g/mol. The zero-order valence-corrected chi connectivity index (χ0v) is 17.1. The summed E-state index contributed by atoms with van der Waals surface area (Å²) in [6, 6.07) is 1.78. The molecule has 0 radical (unpaired) electrons. The van der Waals surface area contributed by atoms with E-state index in [2.05, 4.69) is 29.6 Å². The number of nitrogens with one attached hydrogen (secondary N) is 1. The molecule has 9 nitrogen and oxygen atoms in total. The molecule has 12 heteroatoms. The molecule has 0 spiro atoms. The zero-order valence-electron chi connectivity index (χ0n) is 16.2. The van der Waals surface area contributed by atoms with E-state index >= 15 is 0 Å². The lowest BCUT2D eigenvalue weighted by Crippen LogP contribution is -2.41. The predicted octanol–water partition coefficient (Wildman–Crippen LogP) is 1.89. The first-order valence-corrected chi connectivity index (χ1v) is 11.3. The van der Waals surface area contributed by atoms with Crippen LogP contribution >= 0.6 is 0 Å². The molecule has 0 bridgehead atoms. The van der Waals surface area contributed by atoms with Crippen LogP contribution < -0.4 is 9.62 Å². The van der Waals surface area contributed by atoms with Crippen molar-refractivity contribution in [2.24, 2.45) is 5.92 Å². The van der Waals surface area contributed by atoms with Crippen LogP contribution in [0.15, 0.2) is 30.9 Å². The maximum absolute atomic E-state index is 13.0. The molecule has 1 fully saturated rings. The van der Waals surface area contributed by atoms with Crippen molar-refractivity contribution < 1.29 is 17.2 Å². The number of anilines is 1. The number of nitrogens with zero attached hydrogens (tertiary/aromatic N) is 6. The molecule has 0 aromatic carbocycles. The van der Waals surface area contributed by atoms with Gasteiger partial charge in [-0.25, -0.2) is 41.9 Å². The lowest BCUT2D eigenvalue weighted by atomic mass is 9.98. The first-order valence-electron chi connectivity index (χ1n) is 9.44. The summed E-state index contributed by atoms with van der Waals surface area (Å²) < 4.78 is 52.9. The van der Waals surface area contributed by atoms with E-state index in [1.165, 1.54) is 23.0 Å². The predicted molar refractivity (Wildman–Crippen MR) is 107 cm³/mol. The van der Waals surface area contributed by atoms with E-state index in [1.54, 1.807) is 12.3 Å². The van der Waals surface area contributed by atoms with Crippen LogP contribution in [0.5, 0.6) is 0 Å². The Hall–Kier alpha value is -2.73. The third-order valence-electron chi connectivity index (χ3n) is 4.99. The van der Waals surface area contributed by atoms with Gasteiger partial charge in [-0.15, -0.1) is 0 Å². The summed E-state index contributed by atoms with van der Waals surface area (Å²) in [5.74, 6) is 1.23. The number of halogens is 2. The number of sulfonamides is 1. The van der Waals surface area contributed by atoms with E-state index in [9.17, 15) is 17.2 Å². The third kappa shape index (κ3) is 4.54. The van der Waals surface area contributed by atoms with Crippen molar-refractivity contribution in [2.45, 2.75) is 19.3 Å². The largest absolute Gasteiger partial charge is 0.356 e. The molecule has 1 N–H and O–H groups in total. The highest BCUT2D eigenvalue weighted by atomic mass is 32.2. The highest BCUT2D eigenvalue weighted by molar-refractivity contribution is 7.88. The summed E-state index contributed by atoms with van der Waals surface area (Å²) in [6.07, 6.45) is 5.97. The number of hydrogen-bond acceptors (Lipinski definition) is 7. The fraction of sp³-hybridized carbons (Fsp3) is 0.444. The number of rotatable bonds is 6. The topological polar surface area (TPSA) is 105 Å². The van der Waals surface area contributed by atoms with Gasteiger partial charge in [0.15, 0.2) is 11.5 Å². The van der Waals surface area contributed by atoms with Gasteiger partial charge in [0.1, 0.15) is 17.2 Å². The molecule has 4 heterocycles. The molecule has 1 aliphatic heterocycles. The molecule has 1 saturated heterocycles. The van der Waals surface area contributed by atoms with Crippen LogP contribution in [0.1, 0.15) is 25.0 Å². The summed E-state index contributed by atoms with van der Waals surface area (Å²) in [5.41, 5.74) is 0.562. The van der Waals surface area contributed by atoms with Crippen molar-refractivity contribution in [2.75, 3.05) is 30.8 Å². The van der Waals surface area contributed by atoms with E-state index in [4.69, 9.17) is 0 Å². The van der Waals surface area contributed by atoms with Gasteiger partial charge in [0.2, 0.25) is 10.0 Å². The summed E-state index contributed by atoms with van der Waals surface area (Å²) in [6.45, 7) is 1.83. The smallest absolute Gasteiger partial charge is 0.281 e. The normalized spacial score (nSPS) is 17.7. The molecule has 0 saturated carbocycles. The van der Waals surface area contributed by atoms with Crippen molar-refractivity contribution in [1.82, 2.24) is 29.1 Å². The van der Waals surface area contributed by atoms with E-state index < -0.39 is 16.4 Å². The van der Waals surface area contributed by atoms with Gasteiger partial charge in [-0.3, -0.25) is 4.40 Å². The molecule has 0 aliphatic carbocycles. The second kappa shape index (κ2) is 8.19. The van der Waals surface area contributed by atoms with Gasteiger partial charge in [0, 0.05) is 32.0 Å². The molecule has 1 atom stereocenters. The summed E-state index contributed by atoms with van der Waals surface area (Å²) in [7, 11) is -3.23. The van der Waals surface area contributed by atoms with Crippen LogP contribution in [0.25, 0.3) is 17.2 Å². The Labute approximate surface area is 172 Å². The van der Waals surface area contributed by atoms with Crippen LogP contribution in [0.3, 0.4) is 0 Å². The Balaban J connectivity index is 1.59. The van der Waals surface area contributed by atoms with Gasteiger partial charge in [-0.05, 0) is 24.8 Å². The van der Waals surface area contributed by atoms with Crippen LogP contribution in [0, 0.1) is 5.92 Å². The molecular formula is C18H21F2N7O2S. The van der Waals surface area contributed by atoms with Crippen molar-refractivity contribution in [3.8, 4) is 11.5 Å². The van der Waals surface area contributed by atoms with E-state index in [0.717, 1.165) is 25.6 Å². The molecule has 3 aromatic rings. The summed E-state index contributed by atoms with van der Waals surface area (Å²) >= 11 is 0. The molecule has 4 rings (SSSR count). The van der Waals surface area contributed by atoms with E-state index in [0.29, 0.717) is 36.1 Å². The minimum Gasteiger partial charge on any atom is -0.356 e. The average Bonchev–Trinajstić information content (AvgIpc) is 3.15. The SMILES string of the molecule is CS(=O)(=O)NC[C@H]1CCCN(c2ccnc(-c3cnc4cnc(C(F)F)cn34)n2)C1. The van der Waals surface area contributed by atoms with Crippen LogP contribution in [0.4, 0.5) is 14.6 Å². The van der Waals surface area contributed by atoms with Gasteiger partial charge in [-0.1, -0.05) is 0 Å². The maximum atomic E-state index is 13.0.